The van der Waals surface area contributed by atoms with Gasteiger partial charge in [0.25, 0.3) is 5.91 Å². The second kappa shape index (κ2) is 6.66. The molecule has 3 rings (SSSR count). The van der Waals surface area contributed by atoms with Crippen LogP contribution >= 0.6 is 0 Å². The number of halogens is 1. The van der Waals surface area contributed by atoms with Gasteiger partial charge in [0.1, 0.15) is 5.82 Å². The minimum absolute atomic E-state index is 0.214. The summed E-state index contributed by atoms with van der Waals surface area (Å²) in [6.45, 7) is 4.28. The van der Waals surface area contributed by atoms with Crippen molar-refractivity contribution < 1.29 is 9.18 Å². The highest BCUT2D eigenvalue weighted by Gasteiger charge is 2.09. The van der Waals surface area contributed by atoms with Crippen molar-refractivity contribution in [2.24, 2.45) is 0 Å². The lowest BCUT2D eigenvalue weighted by Crippen LogP contribution is -2.13. The number of aryl methyl sites for hydroxylation is 2. The van der Waals surface area contributed by atoms with Crippen molar-refractivity contribution in [2.45, 2.75) is 20.4 Å². The summed E-state index contributed by atoms with van der Waals surface area (Å²) in [6, 6.07) is 13.8. The number of nitrogens with zero attached hydrogens (tertiary/aromatic N) is 2. The Morgan fingerprint density at radius 3 is 2.67 bits per heavy atom. The Labute approximate surface area is 139 Å². The van der Waals surface area contributed by atoms with Gasteiger partial charge >= 0.3 is 0 Å². The summed E-state index contributed by atoms with van der Waals surface area (Å²) in [5.74, 6) is -0.0440. The highest BCUT2D eigenvalue weighted by molar-refractivity contribution is 6.03. The van der Waals surface area contributed by atoms with Gasteiger partial charge in [-0.1, -0.05) is 24.3 Å². The number of rotatable bonds is 4. The molecule has 24 heavy (non-hydrogen) atoms. The normalized spacial score (nSPS) is 10.6. The third-order valence-corrected chi connectivity index (χ3v) is 3.94. The van der Waals surface area contributed by atoms with E-state index in [1.54, 1.807) is 41.2 Å². The lowest BCUT2D eigenvalue weighted by molar-refractivity contribution is 0.102. The van der Waals surface area contributed by atoms with E-state index in [1.165, 1.54) is 6.07 Å². The summed E-state index contributed by atoms with van der Waals surface area (Å²) in [5.41, 5.74) is 3.34. The zero-order valence-corrected chi connectivity index (χ0v) is 13.6. The van der Waals surface area contributed by atoms with Gasteiger partial charge in [-0.05, 0) is 43.2 Å². The first-order chi connectivity index (χ1) is 11.5. The van der Waals surface area contributed by atoms with Crippen molar-refractivity contribution in [2.75, 3.05) is 5.32 Å². The lowest BCUT2D eigenvalue weighted by Gasteiger charge is -2.06. The van der Waals surface area contributed by atoms with Crippen molar-refractivity contribution in [3.63, 3.8) is 0 Å². The van der Waals surface area contributed by atoms with Gasteiger partial charge in [-0.2, -0.15) is 5.10 Å². The van der Waals surface area contributed by atoms with Gasteiger partial charge in [-0.15, -0.1) is 0 Å². The van der Waals surface area contributed by atoms with Crippen LogP contribution in [0.5, 0.6) is 0 Å². The SMILES string of the molecule is Cc1ccc(C(=O)Nc2ccn(Cc3ccccc3F)n2)cc1C. The van der Waals surface area contributed by atoms with Crippen molar-refractivity contribution >= 4 is 11.7 Å². The largest absolute Gasteiger partial charge is 0.305 e. The standard InChI is InChI=1S/C19H18FN3O/c1-13-7-8-15(11-14(13)2)19(24)21-18-9-10-23(22-18)12-16-5-3-4-6-17(16)20/h3-11H,12H2,1-2H3,(H,21,22,24). The van der Waals surface area contributed by atoms with Gasteiger partial charge in [-0.3, -0.25) is 9.48 Å². The first-order valence-electron chi connectivity index (χ1n) is 7.68. The molecule has 1 aromatic heterocycles. The van der Waals surface area contributed by atoms with Gasteiger partial charge in [-0.25, -0.2) is 4.39 Å². The Hall–Kier alpha value is -2.95. The first-order valence-corrected chi connectivity index (χ1v) is 7.68. The van der Waals surface area contributed by atoms with Crippen LogP contribution in [0.3, 0.4) is 0 Å². The average Bonchev–Trinajstić information content (AvgIpc) is 2.99. The van der Waals surface area contributed by atoms with Crippen LogP contribution in [0.1, 0.15) is 27.0 Å². The number of amides is 1. The molecule has 0 aliphatic carbocycles. The van der Waals surface area contributed by atoms with Crippen molar-refractivity contribution in [1.29, 1.82) is 0 Å². The Kier molecular flexibility index (Phi) is 4.42. The highest BCUT2D eigenvalue weighted by atomic mass is 19.1. The minimum Gasteiger partial charge on any atom is -0.305 e. The van der Waals surface area contributed by atoms with Gasteiger partial charge in [0.05, 0.1) is 6.54 Å². The fourth-order valence-electron chi connectivity index (χ4n) is 2.39. The Bertz CT molecular complexity index is 886. The molecule has 0 bridgehead atoms. The Balaban J connectivity index is 1.70. The van der Waals surface area contributed by atoms with E-state index in [-0.39, 0.29) is 11.7 Å². The maximum Gasteiger partial charge on any atom is 0.256 e. The van der Waals surface area contributed by atoms with Gasteiger partial charge in [0, 0.05) is 23.4 Å². The van der Waals surface area contributed by atoms with Crippen LogP contribution < -0.4 is 5.32 Å². The van der Waals surface area contributed by atoms with Crippen molar-refractivity contribution in [3.05, 3.63) is 82.8 Å². The zero-order valence-electron chi connectivity index (χ0n) is 13.6. The fraction of sp³-hybridized carbons (Fsp3) is 0.158. The molecule has 1 heterocycles. The molecular formula is C19H18FN3O. The van der Waals surface area contributed by atoms with E-state index in [9.17, 15) is 9.18 Å². The quantitative estimate of drug-likeness (QED) is 0.790. The summed E-state index contributed by atoms with van der Waals surface area (Å²) in [5, 5.41) is 7.03. The summed E-state index contributed by atoms with van der Waals surface area (Å²) in [7, 11) is 0. The number of anilines is 1. The van der Waals surface area contributed by atoms with Crippen LogP contribution in [-0.4, -0.2) is 15.7 Å². The second-order valence-corrected chi connectivity index (χ2v) is 5.74. The smallest absolute Gasteiger partial charge is 0.256 e. The fourth-order valence-corrected chi connectivity index (χ4v) is 2.39. The van der Waals surface area contributed by atoms with E-state index >= 15 is 0 Å². The van der Waals surface area contributed by atoms with Crippen LogP contribution in [0.25, 0.3) is 0 Å². The molecule has 4 nitrogen and oxygen atoms in total. The summed E-state index contributed by atoms with van der Waals surface area (Å²) in [4.78, 5) is 12.3. The molecule has 3 aromatic rings. The molecule has 0 atom stereocenters. The second-order valence-electron chi connectivity index (χ2n) is 5.74. The van der Waals surface area contributed by atoms with Gasteiger partial charge in [0.15, 0.2) is 5.82 Å². The van der Waals surface area contributed by atoms with E-state index in [2.05, 4.69) is 10.4 Å². The summed E-state index contributed by atoms with van der Waals surface area (Å²) in [6.07, 6.45) is 1.71. The van der Waals surface area contributed by atoms with E-state index in [4.69, 9.17) is 0 Å². The van der Waals surface area contributed by atoms with Crippen LogP contribution in [0, 0.1) is 19.7 Å². The van der Waals surface area contributed by atoms with Crippen molar-refractivity contribution in [3.8, 4) is 0 Å². The number of benzene rings is 2. The van der Waals surface area contributed by atoms with E-state index in [0.717, 1.165) is 11.1 Å². The molecule has 1 amide bonds. The maximum absolute atomic E-state index is 13.7. The molecule has 0 saturated heterocycles. The molecular weight excluding hydrogens is 305 g/mol. The van der Waals surface area contributed by atoms with E-state index in [0.29, 0.717) is 23.5 Å². The van der Waals surface area contributed by atoms with Gasteiger partial charge < -0.3 is 5.32 Å². The third-order valence-electron chi connectivity index (χ3n) is 3.94. The van der Waals surface area contributed by atoms with E-state index < -0.39 is 0 Å². The molecule has 1 N–H and O–H groups in total. The third kappa shape index (κ3) is 3.51. The maximum atomic E-state index is 13.7. The Morgan fingerprint density at radius 2 is 1.92 bits per heavy atom. The molecule has 0 fully saturated rings. The zero-order chi connectivity index (χ0) is 17.1. The minimum atomic E-state index is -0.270. The van der Waals surface area contributed by atoms with E-state index in [1.807, 2.05) is 26.0 Å². The van der Waals surface area contributed by atoms with Crippen LogP contribution in [0.2, 0.25) is 0 Å². The topological polar surface area (TPSA) is 46.9 Å². The van der Waals surface area contributed by atoms with Crippen LogP contribution in [0.15, 0.2) is 54.7 Å². The molecule has 2 aromatic carbocycles. The number of hydrogen-bond donors (Lipinski definition) is 1. The predicted molar refractivity (Wildman–Crippen MR) is 91.6 cm³/mol. The van der Waals surface area contributed by atoms with Gasteiger partial charge in [0.2, 0.25) is 0 Å². The molecule has 0 aliphatic rings. The molecule has 0 radical (unpaired) electrons. The predicted octanol–water partition coefficient (Wildman–Crippen LogP) is 3.94. The number of carbonyl (C=O) groups excluding carboxylic acids is 1. The van der Waals surface area contributed by atoms with Crippen LogP contribution in [-0.2, 0) is 6.54 Å². The monoisotopic (exact) mass is 323 g/mol. The average molecular weight is 323 g/mol. The molecule has 0 aliphatic heterocycles. The lowest BCUT2D eigenvalue weighted by atomic mass is 10.1. The highest BCUT2D eigenvalue weighted by Crippen LogP contribution is 2.13. The van der Waals surface area contributed by atoms with Crippen LogP contribution in [0.4, 0.5) is 10.2 Å². The number of carbonyl (C=O) groups is 1. The number of nitrogens with one attached hydrogen (secondary N) is 1. The molecule has 0 unspecified atom stereocenters. The first kappa shape index (κ1) is 15.9. The molecule has 122 valence electrons. The Morgan fingerprint density at radius 1 is 1.12 bits per heavy atom. The molecule has 0 saturated carbocycles. The number of aromatic nitrogens is 2. The summed E-state index contributed by atoms with van der Waals surface area (Å²) >= 11 is 0. The molecule has 5 heteroatoms. The van der Waals surface area contributed by atoms with Crippen molar-refractivity contribution in [1.82, 2.24) is 9.78 Å². The number of hydrogen-bond acceptors (Lipinski definition) is 2. The molecule has 0 spiro atoms. The summed E-state index contributed by atoms with van der Waals surface area (Å²) < 4.78 is 15.3.